The fourth-order valence-corrected chi connectivity index (χ4v) is 2.52. The van der Waals surface area contributed by atoms with E-state index in [1.807, 2.05) is 0 Å². The first-order valence-corrected chi connectivity index (χ1v) is 8.43. The molecule has 0 aliphatic rings. The summed E-state index contributed by atoms with van der Waals surface area (Å²) >= 11 is 0. The van der Waals surface area contributed by atoms with Gasteiger partial charge in [0.1, 0.15) is 18.2 Å². The van der Waals surface area contributed by atoms with E-state index in [1.165, 1.54) is 12.1 Å². The number of aromatic nitrogens is 1. The predicted molar refractivity (Wildman–Crippen MR) is 99.8 cm³/mol. The van der Waals surface area contributed by atoms with Crippen LogP contribution in [0.1, 0.15) is 11.1 Å². The van der Waals surface area contributed by atoms with Crippen molar-refractivity contribution in [1.82, 2.24) is 9.47 Å². The van der Waals surface area contributed by atoms with Gasteiger partial charge in [0.05, 0.1) is 28.9 Å². The number of hydrogen-bond donors (Lipinski definition) is 1. The molecular formula is C18H14F3N5O5. The van der Waals surface area contributed by atoms with E-state index >= 15 is 0 Å². The first-order valence-electron chi connectivity index (χ1n) is 8.43. The molecule has 1 aromatic heterocycles. The lowest BCUT2D eigenvalue weighted by atomic mass is 10.1. The van der Waals surface area contributed by atoms with Crippen LogP contribution in [0.5, 0.6) is 0 Å². The van der Waals surface area contributed by atoms with Gasteiger partial charge >= 0.3 is 6.18 Å². The molecule has 0 atom stereocenters. The minimum atomic E-state index is -4.70. The van der Waals surface area contributed by atoms with Crippen molar-refractivity contribution in [2.24, 2.45) is 0 Å². The quantitative estimate of drug-likeness (QED) is 0.540. The molecule has 2 aromatic rings. The van der Waals surface area contributed by atoms with Crippen molar-refractivity contribution < 1.29 is 27.7 Å². The third-order valence-corrected chi connectivity index (χ3v) is 4.02. The van der Waals surface area contributed by atoms with Crippen molar-refractivity contribution in [3.05, 3.63) is 68.1 Å². The van der Waals surface area contributed by atoms with Crippen molar-refractivity contribution in [3.8, 4) is 6.07 Å². The molecule has 162 valence electrons. The maximum Gasteiger partial charge on any atom is 0.418 e. The number of benzene rings is 1. The first kappa shape index (κ1) is 23.1. The second-order valence-corrected chi connectivity index (χ2v) is 6.26. The van der Waals surface area contributed by atoms with Gasteiger partial charge in [-0.15, -0.1) is 0 Å². The minimum Gasteiger partial charge on any atom is -0.335 e. The summed E-state index contributed by atoms with van der Waals surface area (Å²) in [6.45, 7) is -1.38. The SMILES string of the molecule is CN(CC(=O)Nc1ccccc1C(F)(F)F)C(=O)Cn1cc([N+](=O)[O-])cc(C#N)c1=O. The monoisotopic (exact) mass is 437 g/mol. The van der Waals surface area contributed by atoms with Crippen LogP contribution in [-0.2, 0) is 22.3 Å². The number of nitro groups is 1. The van der Waals surface area contributed by atoms with E-state index in [-0.39, 0.29) is 0 Å². The number of amides is 2. The number of nitrogens with one attached hydrogen (secondary N) is 1. The van der Waals surface area contributed by atoms with E-state index in [2.05, 4.69) is 5.32 Å². The van der Waals surface area contributed by atoms with Crippen molar-refractivity contribution in [2.45, 2.75) is 12.7 Å². The number of anilines is 1. The molecule has 31 heavy (non-hydrogen) atoms. The number of carbonyl (C=O) groups excluding carboxylic acids is 2. The Hall–Kier alpha value is -4.21. The number of alkyl halides is 3. The number of nitriles is 1. The standard InChI is InChI=1S/C18H14F3N5O5/c1-24(9-15(27)23-14-5-3-2-4-13(14)18(19,20)21)16(28)10-25-8-12(26(30)31)6-11(7-22)17(25)29/h2-6,8H,9-10H2,1H3,(H,23,27). The van der Waals surface area contributed by atoms with Gasteiger partial charge in [-0.1, -0.05) is 12.1 Å². The molecule has 0 bridgehead atoms. The third kappa shape index (κ3) is 5.66. The van der Waals surface area contributed by atoms with Gasteiger partial charge in [0.15, 0.2) is 0 Å². The molecule has 0 fully saturated rings. The molecular weight excluding hydrogens is 423 g/mol. The molecule has 1 aromatic carbocycles. The van der Waals surface area contributed by atoms with Gasteiger partial charge in [-0.05, 0) is 12.1 Å². The summed E-state index contributed by atoms with van der Waals surface area (Å²) in [7, 11) is 1.16. The molecule has 2 rings (SSSR count). The highest BCUT2D eigenvalue weighted by molar-refractivity contribution is 5.95. The summed E-state index contributed by atoms with van der Waals surface area (Å²) in [5.74, 6) is -1.78. The number of carbonyl (C=O) groups is 2. The Morgan fingerprint density at radius 2 is 1.97 bits per heavy atom. The molecule has 0 saturated carbocycles. The number of hydrogen-bond acceptors (Lipinski definition) is 6. The summed E-state index contributed by atoms with van der Waals surface area (Å²) in [5, 5.41) is 21.9. The van der Waals surface area contributed by atoms with Crippen LogP contribution in [0.3, 0.4) is 0 Å². The Kier molecular flexibility index (Phi) is 6.75. The van der Waals surface area contributed by atoms with Crippen molar-refractivity contribution in [2.75, 3.05) is 18.9 Å². The van der Waals surface area contributed by atoms with Crippen LogP contribution < -0.4 is 10.9 Å². The van der Waals surface area contributed by atoms with E-state index in [4.69, 9.17) is 5.26 Å². The Morgan fingerprint density at radius 1 is 1.32 bits per heavy atom. The second-order valence-electron chi connectivity index (χ2n) is 6.26. The summed E-state index contributed by atoms with van der Waals surface area (Å²) in [4.78, 5) is 47.4. The molecule has 0 aliphatic carbocycles. The fraction of sp³-hybridized carbons (Fsp3) is 0.222. The number of pyridine rings is 1. The average molecular weight is 437 g/mol. The number of likely N-dealkylation sites (N-methyl/N-ethyl adjacent to an activating group) is 1. The molecule has 2 amide bonds. The van der Waals surface area contributed by atoms with Gasteiger partial charge in [-0.25, -0.2) is 0 Å². The smallest absolute Gasteiger partial charge is 0.335 e. The van der Waals surface area contributed by atoms with Gasteiger partial charge in [-0.2, -0.15) is 18.4 Å². The molecule has 13 heteroatoms. The van der Waals surface area contributed by atoms with Gasteiger partial charge in [0.25, 0.3) is 11.2 Å². The highest BCUT2D eigenvalue weighted by atomic mass is 19.4. The lowest BCUT2D eigenvalue weighted by Gasteiger charge is -2.19. The Morgan fingerprint density at radius 3 is 2.55 bits per heavy atom. The van der Waals surface area contributed by atoms with Crippen molar-refractivity contribution in [1.29, 1.82) is 5.26 Å². The van der Waals surface area contributed by atoms with Gasteiger partial charge < -0.3 is 10.2 Å². The van der Waals surface area contributed by atoms with Crippen LogP contribution in [0.15, 0.2) is 41.3 Å². The Bertz CT molecular complexity index is 1140. The van der Waals surface area contributed by atoms with Gasteiger partial charge in [0, 0.05) is 13.1 Å². The molecule has 0 radical (unpaired) electrons. The third-order valence-electron chi connectivity index (χ3n) is 4.02. The number of nitrogens with zero attached hydrogens (tertiary/aromatic N) is 4. The number of rotatable bonds is 6. The van der Waals surface area contributed by atoms with E-state index < -0.39 is 64.1 Å². The predicted octanol–water partition coefficient (Wildman–Crippen LogP) is 1.74. The number of para-hydroxylation sites is 1. The maximum atomic E-state index is 13.0. The van der Waals surface area contributed by atoms with Crippen molar-refractivity contribution in [3.63, 3.8) is 0 Å². The molecule has 10 nitrogen and oxygen atoms in total. The maximum absolute atomic E-state index is 13.0. The highest BCUT2D eigenvalue weighted by Gasteiger charge is 2.33. The summed E-state index contributed by atoms with van der Waals surface area (Å²) in [5.41, 5.74) is -3.64. The topological polar surface area (TPSA) is 138 Å². The van der Waals surface area contributed by atoms with Gasteiger partial charge in [0.2, 0.25) is 11.8 Å². The van der Waals surface area contributed by atoms with Crippen LogP contribution in [-0.4, -0.2) is 39.8 Å². The lowest BCUT2D eigenvalue weighted by Crippen LogP contribution is -2.39. The zero-order chi connectivity index (χ0) is 23.3. The molecule has 0 unspecified atom stereocenters. The van der Waals surface area contributed by atoms with E-state index in [0.717, 1.165) is 42.4 Å². The molecule has 1 N–H and O–H groups in total. The minimum absolute atomic E-state index is 0.491. The first-order chi connectivity index (χ1) is 14.4. The molecule has 1 heterocycles. The zero-order valence-corrected chi connectivity index (χ0v) is 15.8. The number of halogens is 3. The van der Waals surface area contributed by atoms with Crippen LogP contribution >= 0.6 is 0 Å². The van der Waals surface area contributed by atoms with Crippen LogP contribution in [0.4, 0.5) is 24.5 Å². The summed E-state index contributed by atoms with van der Waals surface area (Å²) in [6, 6.07) is 6.53. The van der Waals surface area contributed by atoms with Gasteiger partial charge in [-0.3, -0.25) is 29.1 Å². The summed E-state index contributed by atoms with van der Waals surface area (Å²) < 4.78 is 39.7. The van der Waals surface area contributed by atoms with Crippen LogP contribution in [0.25, 0.3) is 0 Å². The van der Waals surface area contributed by atoms with Crippen LogP contribution in [0.2, 0.25) is 0 Å². The molecule has 0 saturated heterocycles. The van der Waals surface area contributed by atoms with E-state index in [1.54, 1.807) is 0 Å². The van der Waals surface area contributed by atoms with Crippen molar-refractivity contribution >= 4 is 23.2 Å². The summed E-state index contributed by atoms with van der Waals surface area (Å²) in [6.07, 6.45) is -3.93. The zero-order valence-electron chi connectivity index (χ0n) is 15.8. The molecule has 0 spiro atoms. The molecule has 0 aliphatic heterocycles. The Labute approximate surface area is 172 Å². The fourth-order valence-electron chi connectivity index (χ4n) is 2.52. The second kappa shape index (κ2) is 9.08. The highest BCUT2D eigenvalue weighted by Crippen LogP contribution is 2.34. The average Bonchev–Trinajstić information content (AvgIpc) is 2.68. The van der Waals surface area contributed by atoms with Crippen LogP contribution in [0, 0.1) is 21.4 Å². The van der Waals surface area contributed by atoms with E-state index in [9.17, 15) is 37.7 Å². The largest absolute Gasteiger partial charge is 0.418 e. The van der Waals surface area contributed by atoms with E-state index in [0.29, 0.717) is 4.57 Å². The normalized spacial score (nSPS) is 10.8. The Balaban J connectivity index is 2.13. The lowest BCUT2D eigenvalue weighted by molar-refractivity contribution is -0.385.